The molecule has 17 heavy (non-hydrogen) atoms. The van der Waals surface area contributed by atoms with E-state index in [1.54, 1.807) is 6.92 Å². The molecule has 1 heterocycles. The molecule has 0 aromatic carbocycles. The summed E-state index contributed by atoms with van der Waals surface area (Å²) in [6.07, 6.45) is 0.0287. The smallest absolute Gasteiger partial charge is 0.306 e. The van der Waals surface area contributed by atoms with Gasteiger partial charge in [0, 0.05) is 25.3 Å². The van der Waals surface area contributed by atoms with Crippen molar-refractivity contribution in [2.75, 3.05) is 6.61 Å². The Morgan fingerprint density at radius 1 is 1.59 bits per heavy atom. The summed E-state index contributed by atoms with van der Waals surface area (Å²) >= 11 is 0. The third kappa shape index (κ3) is 4.48. The van der Waals surface area contributed by atoms with Crippen molar-refractivity contribution in [2.45, 2.75) is 50.8 Å². The Morgan fingerprint density at radius 3 is 3.00 bits per heavy atom. The lowest BCUT2D eigenvalue weighted by atomic mass is 9.96. The number of carbonyl (C=O) groups excluding carboxylic acids is 2. The fourth-order valence-electron chi connectivity index (χ4n) is 1.67. The molecule has 1 unspecified atom stereocenters. The van der Waals surface area contributed by atoms with Crippen molar-refractivity contribution in [3.63, 3.8) is 0 Å². The first-order valence-electron chi connectivity index (χ1n) is 6.18. The van der Waals surface area contributed by atoms with Gasteiger partial charge >= 0.3 is 5.97 Å². The van der Waals surface area contributed by atoms with Crippen molar-refractivity contribution >= 4 is 19.6 Å². The van der Waals surface area contributed by atoms with Gasteiger partial charge in [0.15, 0.2) is 0 Å². The van der Waals surface area contributed by atoms with Crippen LogP contribution in [0.2, 0.25) is 0 Å². The van der Waals surface area contributed by atoms with Gasteiger partial charge in [0.25, 0.3) is 0 Å². The molecule has 0 saturated carbocycles. The highest BCUT2D eigenvalue weighted by molar-refractivity contribution is 6.11. The van der Waals surface area contributed by atoms with E-state index in [0.717, 1.165) is 0 Å². The van der Waals surface area contributed by atoms with Gasteiger partial charge < -0.3 is 14.6 Å². The van der Waals surface area contributed by atoms with Crippen LogP contribution in [0, 0.1) is 0 Å². The van der Waals surface area contributed by atoms with Gasteiger partial charge in [0.2, 0.25) is 1.43 Å². The van der Waals surface area contributed by atoms with E-state index in [-0.39, 0.29) is 25.2 Å². The van der Waals surface area contributed by atoms with Crippen LogP contribution in [0.5, 0.6) is 0 Å². The Balaban J connectivity index is 2.35. The number of carbonyl (C=O) groups is 2. The van der Waals surface area contributed by atoms with Gasteiger partial charge in [-0.1, -0.05) is 6.92 Å². The lowest BCUT2D eigenvalue weighted by Crippen LogP contribution is -2.30. The Bertz CT molecular complexity index is 299. The molecule has 0 aromatic heterocycles. The summed E-state index contributed by atoms with van der Waals surface area (Å²) in [5, 5.41) is 4.23. The predicted molar refractivity (Wildman–Crippen MR) is 60.5 cm³/mol. The second-order valence-corrected chi connectivity index (χ2v) is 4.04. The maximum absolute atomic E-state index is 11.5. The first kappa shape index (κ1) is 12.6. The first-order valence-corrected chi connectivity index (χ1v) is 5.77. The molecule has 5 nitrogen and oxygen atoms in total. The lowest BCUT2D eigenvalue weighted by molar-refractivity contribution is -0.153. The SMILES string of the molecule is [2H]OC[C@H]1O[C@@H]([B])CC1OC(=O)CCC(=O)CC. The normalized spacial score (nSPS) is 28.8. The van der Waals surface area contributed by atoms with E-state index in [1.165, 1.54) is 0 Å². The van der Waals surface area contributed by atoms with Gasteiger partial charge in [0.1, 0.15) is 25.8 Å². The molecule has 94 valence electrons. The fraction of sp³-hybridized carbons (Fsp3) is 0.818. The summed E-state index contributed by atoms with van der Waals surface area (Å²) in [7, 11) is 5.58. The second kappa shape index (κ2) is 6.76. The number of Topliss-reactive ketones (excluding diaryl/α,β-unsaturated/α-hetero) is 1. The zero-order valence-corrected chi connectivity index (χ0v) is 9.89. The van der Waals surface area contributed by atoms with E-state index in [1.807, 2.05) is 0 Å². The van der Waals surface area contributed by atoms with E-state index in [9.17, 15) is 9.59 Å². The molecule has 0 aliphatic carbocycles. The van der Waals surface area contributed by atoms with Crippen molar-refractivity contribution in [1.29, 1.82) is 1.43 Å². The quantitative estimate of drug-likeness (QED) is 0.499. The van der Waals surface area contributed by atoms with Crippen LogP contribution in [0.1, 0.15) is 32.6 Å². The fourth-order valence-corrected chi connectivity index (χ4v) is 1.67. The number of rotatable bonds is 7. The van der Waals surface area contributed by atoms with Crippen molar-refractivity contribution in [1.82, 2.24) is 0 Å². The molecule has 0 bridgehead atoms. The lowest BCUT2D eigenvalue weighted by Gasteiger charge is -2.16. The number of aliphatic hydroxyl groups is 1. The first-order chi connectivity index (χ1) is 8.56. The summed E-state index contributed by atoms with van der Waals surface area (Å²) in [4.78, 5) is 22.6. The number of ketones is 1. The zero-order chi connectivity index (χ0) is 13.5. The second-order valence-electron chi connectivity index (χ2n) is 4.04. The molecular weight excluding hydrogens is 223 g/mol. The molecule has 0 aromatic rings. The molecule has 0 spiro atoms. The van der Waals surface area contributed by atoms with Crippen LogP contribution in [0.25, 0.3) is 0 Å². The van der Waals surface area contributed by atoms with E-state index in [0.29, 0.717) is 12.8 Å². The molecular formula is C11H17BO5. The molecule has 3 atom stereocenters. The molecule has 1 rings (SSSR count). The van der Waals surface area contributed by atoms with Gasteiger partial charge in [-0.05, 0) is 0 Å². The number of ether oxygens (including phenoxy) is 2. The van der Waals surface area contributed by atoms with Crippen molar-refractivity contribution < 1.29 is 24.2 Å². The summed E-state index contributed by atoms with van der Waals surface area (Å²) < 4.78 is 17.1. The van der Waals surface area contributed by atoms with E-state index in [4.69, 9.17) is 18.8 Å². The van der Waals surface area contributed by atoms with Crippen LogP contribution >= 0.6 is 0 Å². The van der Waals surface area contributed by atoms with E-state index < -0.39 is 24.2 Å². The van der Waals surface area contributed by atoms with Crippen LogP contribution in [0.3, 0.4) is 0 Å². The third-order valence-corrected chi connectivity index (χ3v) is 2.68. The van der Waals surface area contributed by atoms with Crippen molar-refractivity contribution in [3.05, 3.63) is 0 Å². The van der Waals surface area contributed by atoms with Crippen LogP contribution in [0.15, 0.2) is 0 Å². The summed E-state index contributed by atoms with van der Waals surface area (Å²) in [6, 6.07) is -0.514. The van der Waals surface area contributed by atoms with Gasteiger partial charge in [-0.15, -0.1) is 0 Å². The Labute approximate surface area is 103 Å². The maximum atomic E-state index is 11.5. The zero-order valence-electron chi connectivity index (χ0n) is 10.9. The highest BCUT2D eigenvalue weighted by atomic mass is 16.6. The largest absolute Gasteiger partial charge is 0.459 e. The van der Waals surface area contributed by atoms with Crippen molar-refractivity contribution in [3.8, 4) is 0 Å². The van der Waals surface area contributed by atoms with E-state index >= 15 is 0 Å². The number of aliphatic hydroxyl groups excluding tert-OH is 1. The van der Waals surface area contributed by atoms with Crippen LogP contribution in [-0.4, -0.2) is 51.0 Å². The van der Waals surface area contributed by atoms with Gasteiger partial charge in [0.05, 0.1) is 13.0 Å². The minimum absolute atomic E-state index is 0.000459. The molecule has 1 saturated heterocycles. The van der Waals surface area contributed by atoms with Crippen LogP contribution < -0.4 is 0 Å². The predicted octanol–water partition coefficient (Wildman–Crippen LogP) is -0.0667. The maximum Gasteiger partial charge on any atom is 0.306 e. The topological polar surface area (TPSA) is 72.8 Å². The molecule has 1 N–H and O–H groups in total. The Morgan fingerprint density at radius 2 is 2.35 bits per heavy atom. The summed E-state index contributed by atoms with van der Waals surface area (Å²) in [5.74, 6) is -0.424. The minimum atomic E-state index is -0.514. The van der Waals surface area contributed by atoms with Crippen molar-refractivity contribution in [2.24, 2.45) is 0 Å². The standard InChI is InChI=1S/C11H17BO5/c1-2-7(14)3-4-11(15)17-8-5-10(12)16-9(8)6-13/h8-10,13H,2-6H2,1H3/t8?,9-,10-/m1/s1/i13D. The highest BCUT2D eigenvalue weighted by Crippen LogP contribution is 2.21. The highest BCUT2D eigenvalue weighted by Gasteiger charge is 2.34. The number of esters is 1. The monoisotopic (exact) mass is 241 g/mol. The third-order valence-electron chi connectivity index (χ3n) is 2.68. The van der Waals surface area contributed by atoms with E-state index in [2.05, 4.69) is 5.11 Å². The Hall–Kier alpha value is -0.875. The van der Waals surface area contributed by atoms with Crippen LogP contribution in [0.4, 0.5) is 0 Å². The molecule has 2 radical (unpaired) electrons. The van der Waals surface area contributed by atoms with Gasteiger partial charge in [-0.2, -0.15) is 0 Å². The average Bonchev–Trinajstić information content (AvgIpc) is 2.67. The molecule has 1 fully saturated rings. The minimum Gasteiger partial charge on any atom is -0.459 e. The number of hydrogen-bond donors (Lipinski definition) is 1. The Kier molecular flexibility index (Phi) is 5.00. The molecule has 0 amide bonds. The summed E-state index contributed by atoms with van der Waals surface area (Å²) in [5.41, 5.74) is 0. The van der Waals surface area contributed by atoms with Crippen LogP contribution in [-0.2, 0) is 19.1 Å². The average molecular weight is 241 g/mol. The van der Waals surface area contributed by atoms with Gasteiger partial charge in [-0.25, -0.2) is 0 Å². The van der Waals surface area contributed by atoms with Gasteiger partial charge in [-0.3, -0.25) is 9.59 Å². The molecule has 1 aliphatic rings. The molecule has 1 aliphatic heterocycles. The summed E-state index contributed by atoms with van der Waals surface area (Å²) in [6.45, 7) is 1.75. The molecule has 6 heteroatoms. The number of hydrogen-bond acceptors (Lipinski definition) is 5.